The number of amides is 4. The molecule has 0 unspecified atom stereocenters. The number of benzene rings is 2. The number of nitrogens with zero attached hydrogens (tertiary/aromatic N) is 3. The van der Waals surface area contributed by atoms with Crippen LogP contribution in [0.2, 0.25) is 0 Å². The van der Waals surface area contributed by atoms with Gasteiger partial charge in [0.15, 0.2) is 0 Å². The number of methoxy groups -OCH3 is 1. The average molecular weight is 555 g/mol. The maximum absolute atomic E-state index is 14.5. The summed E-state index contributed by atoms with van der Waals surface area (Å²) < 4.78 is 7.17. The molecule has 9 heteroatoms. The number of fused-ring (bicyclic) bond motifs is 4. The van der Waals surface area contributed by atoms with Crippen LogP contribution in [0.15, 0.2) is 71.5 Å². The van der Waals surface area contributed by atoms with Crippen molar-refractivity contribution in [3.05, 3.63) is 93.9 Å². The molecule has 2 bridgehead atoms. The van der Waals surface area contributed by atoms with E-state index in [2.05, 4.69) is 10.2 Å². The molecule has 1 N–H and O–H groups in total. The second kappa shape index (κ2) is 10.6. The van der Waals surface area contributed by atoms with E-state index in [4.69, 9.17) is 4.74 Å². The summed E-state index contributed by atoms with van der Waals surface area (Å²) >= 11 is 0. The maximum Gasteiger partial charge on any atom is 0.335 e. The SMILES string of the molecule is CCc1ccc(N2C(=O)NC(=O)[C@](Cc3ccc(OC)cc3)(CN3C[C@@H]4C[C@@H](C3)c3cccc(=O)n3C4)C2=O)cc1. The van der Waals surface area contributed by atoms with Gasteiger partial charge in [-0.15, -0.1) is 0 Å². The number of imide groups is 2. The first-order chi connectivity index (χ1) is 19.8. The molecule has 6 rings (SSSR count). The van der Waals surface area contributed by atoms with E-state index < -0.39 is 23.3 Å². The van der Waals surface area contributed by atoms with E-state index in [9.17, 15) is 19.2 Å². The normalized spacial score (nSPS) is 24.1. The fourth-order valence-electron chi connectivity index (χ4n) is 6.74. The number of ether oxygens (including phenoxy) is 1. The third kappa shape index (κ3) is 4.84. The zero-order valence-corrected chi connectivity index (χ0v) is 23.3. The molecule has 0 radical (unpaired) electrons. The molecule has 4 heterocycles. The summed E-state index contributed by atoms with van der Waals surface area (Å²) in [6.07, 6.45) is 1.91. The van der Waals surface area contributed by atoms with E-state index >= 15 is 0 Å². The number of hydrogen-bond donors (Lipinski definition) is 1. The van der Waals surface area contributed by atoms with Gasteiger partial charge in [0, 0.05) is 43.9 Å². The molecule has 0 saturated carbocycles. The molecule has 3 aliphatic rings. The van der Waals surface area contributed by atoms with Crippen molar-refractivity contribution in [2.45, 2.75) is 38.6 Å². The summed E-state index contributed by atoms with van der Waals surface area (Å²) in [5.41, 5.74) is 1.77. The fraction of sp³-hybridized carbons (Fsp3) is 0.375. The number of barbiturate groups is 1. The van der Waals surface area contributed by atoms with Gasteiger partial charge >= 0.3 is 6.03 Å². The number of carbonyl (C=O) groups is 3. The highest BCUT2D eigenvalue weighted by molar-refractivity contribution is 6.30. The number of anilines is 1. The highest BCUT2D eigenvalue weighted by atomic mass is 16.5. The predicted molar refractivity (Wildman–Crippen MR) is 154 cm³/mol. The van der Waals surface area contributed by atoms with Crippen LogP contribution in [-0.4, -0.2) is 54.1 Å². The number of hydrogen-bond acceptors (Lipinski definition) is 6. The van der Waals surface area contributed by atoms with Crippen LogP contribution in [0.1, 0.15) is 36.1 Å². The van der Waals surface area contributed by atoms with Crippen LogP contribution in [0.4, 0.5) is 10.5 Å². The maximum atomic E-state index is 14.5. The fourth-order valence-corrected chi connectivity index (χ4v) is 6.74. The van der Waals surface area contributed by atoms with Gasteiger partial charge in [0.1, 0.15) is 11.2 Å². The van der Waals surface area contributed by atoms with Crippen LogP contribution in [0.3, 0.4) is 0 Å². The summed E-state index contributed by atoms with van der Waals surface area (Å²) in [7, 11) is 1.58. The van der Waals surface area contributed by atoms with Gasteiger partial charge in [-0.25, -0.2) is 9.69 Å². The zero-order chi connectivity index (χ0) is 28.7. The Balaban J connectivity index is 1.37. The van der Waals surface area contributed by atoms with Crippen molar-refractivity contribution in [2.24, 2.45) is 11.3 Å². The Bertz CT molecular complexity index is 1550. The molecule has 3 atom stereocenters. The van der Waals surface area contributed by atoms with E-state index in [1.165, 1.54) is 0 Å². The van der Waals surface area contributed by atoms with Crippen LogP contribution >= 0.6 is 0 Å². The van der Waals surface area contributed by atoms with E-state index in [1.54, 1.807) is 43.5 Å². The molecule has 3 aromatic rings. The molecule has 4 amide bonds. The molecule has 9 nitrogen and oxygen atoms in total. The second-order valence-electron chi connectivity index (χ2n) is 11.4. The van der Waals surface area contributed by atoms with Gasteiger partial charge in [-0.3, -0.25) is 19.7 Å². The van der Waals surface area contributed by atoms with Crippen molar-refractivity contribution in [1.82, 2.24) is 14.8 Å². The number of aryl methyl sites for hydroxylation is 1. The number of piperidine rings is 1. The van der Waals surface area contributed by atoms with E-state index in [0.717, 1.165) is 34.6 Å². The third-order valence-corrected chi connectivity index (χ3v) is 8.79. The van der Waals surface area contributed by atoms with Crippen LogP contribution in [-0.2, 0) is 29.0 Å². The lowest BCUT2D eigenvalue weighted by molar-refractivity contribution is -0.144. The van der Waals surface area contributed by atoms with E-state index in [1.807, 2.05) is 41.8 Å². The van der Waals surface area contributed by atoms with Crippen molar-refractivity contribution >= 4 is 23.5 Å². The van der Waals surface area contributed by atoms with Gasteiger partial charge in [-0.05, 0) is 66.6 Å². The number of aromatic nitrogens is 1. The molecular formula is C32H34N4O5. The molecule has 1 aromatic heterocycles. The number of urea groups is 1. The molecule has 2 fully saturated rings. The number of likely N-dealkylation sites (tertiary alicyclic amines) is 1. The van der Waals surface area contributed by atoms with Crippen molar-refractivity contribution in [3.8, 4) is 5.75 Å². The van der Waals surface area contributed by atoms with Gasteiger partial charge in [0.25, 0.3) is 11.5 Å². The van der Waals surface area contributed by atoms with E-state index in [-0.39, 0.29) is 30.4 Å². The monoisotopic (exact) mass is 554 g/mol. The third-order valence-electron chi connectivity index (χ3n) is 8.79. The van der Waals surface area contributed by atoms with Crippen molar-refractivity contribution in [2.75, 3.05) is 31.6 Å². The van der Waals surface area contributed by atoms with Gasteiger partial charge in [0.05, 0.1) is 12.8 Å². The molecule has 212 valence electrons. The highest BCUT2D eigenvalue weighted by Crippen LogP contribution is 2.39. The Labute approximate surface area is 238 Å². The smallest absolute Gasteiger partial charge is 0.335 e. The lowest BCUT2D eigenvalue weighted by atomic mass is 9.75. The van der Waals surface area contributed by atoms with Gasteiger partial charge in [0.2, 0.25) is 5.91 Å². The lowest BCUT2D eigenvalue weighted by Gasteiger charge is -2.47. The quantitative estimate of drug-likeness (QED) is 0.450. The number of rotatable bonds is 7. The first-order valence-corrected chi connectivity index (χ1v) is 14.1. The number of nitrogens with one attached hydrogen (secondary N) is 1. The first-order valence-electron chi connectivity index (χ1n) is 14.1. The number of pyridine rings is 1. The summed E-state index contributed by atoms with van der Waals surface area (Å²) in [4.78, 5) is 57.2. The highest BCUT2D eigenvalue weighted by Gasteiger charge is 2.55. The summed E-state index contributed by atoms with van der Waals surface area (Å²) in [6.45, 7) is 4.08. The van der Waals surface area contributed by atoms with Crippen molar-refractivity contribution < 1.29 is 19.1 Å². The minimum Gasteiger partial charge on any atom is -0.497 e. The Hall–Kier alpha value is -4.24. The summed E-state index contributed by atoms with van der Waals surface area (Å²) in [5, 5.41) is 2.51. The molecule has 0 aliphatic carbocycles. The van der Waals surface area contributed by atoms with Gasteiger partial charge in [-0.1, -0.05) is 37.3 Å². The van der Waals surface area contributed by atoms with Crippen molar-refractivity contribution in [3.63, 3.8) is 0 Å². The Morgan fingerprint density at radius 3 is 2.34 bits per heavy atom. The molecular weight excluding hydrogens is 520 g/mol. The molecule has 2 aromatic carbocycles. The van der Waals surface area contributed by atoms with Gasteiger partial charge in [-0.2, -0.15) is 0 Å². The minimum atomic E-state index is -1.53. The lowest BCUT2D eigenvalue weighted by Crippen LogP contribution is -2.68. The second-order valence-corrected chi connectivity index (χ2v) is 11.4. The minimum absolute atomic E-state index is 0.00621. The standard InChI is InChI=1S/C32H34N4O5/c1-3-21-7-11-25(12-8-21)36-30(39)32(29(38)33-31(36)40,16-22-9-13-26(41-2)14-10-22)20-34-17-23-15-24(19-34)27-5-4-6-28(37)35(27)18-23/h4-14,23-24H,3,15-20H2,1-2H3,(H,33,38,40)/t23-,24-,32-/m0/s1. The zero-order valence-electron chi connectivity index (χ0n) is 23.3. The summed E-state index contributed by atoms with van der Waals surface area (Å²) in [6, 6.07) is 19.3. The van der Waals surface area contributed by atoms with Gasteiger partial charge < -0.3 is 14.2 Å². The molecule has 0 spiro atoms. The first kappa shape index (κ1) is 27.0. The molecule has 3 aliphatic heterocycles. The topological polar surface area (TPSA) is 101 Å². The summed E-state index contributed by atoms with van der Waals surface area (Å²) in [5.74, 6) is -0.0976. The van der Waals surface area contributed by atoms with Crippen LogP contribution in [0.5, 0.6) is 5.75 Å². The van der Waals surface area contributed by atoms with Crippen LogP contribution in [0.25, 0.3) is 0 Å². The molecule has 2 saturated heterocycles. The Morgan fingerprint density at radius 2 is 1.63 bits per heavy atom. The Morgan fingerprint density at radius 1 is 0.902 bits per heavy atom. The Kier molecular flexibility index (Phi) is 6.99. The van der Waals surface area contributed by atoms with E-state index in [0.29, 0.717) is 31.1 Å². The predicted octanol–water partition coefficient (Wildman–Crippen LogP) is 3.35. The average Bonchev–Trinajstić information content (AvgIpc) is 2.97. The van der Waals surface area contributed by atoms with Crippen LogP contribution in [0, 0.1) is 11.3 Å². The van der Waals surface area contributed by atoms with Crippen LogP contribution < -0.4 is 20.5 Å². The number of carbonyl (C=O) groups excluding carboxylic acids is 3. The van der Waals surface area contributed by atoms with Crippen molar-refractivity contribution in [1.29, 1.82) is 0 Å². The largest absolute Gasteiger partial charge is 0.497 e. The molecule has 41 heavy (non-hydrogen) atoms.